The number of nitrogens with zero attached hydrogens (tertiary/aromatic N) is 5. The molecule has 0 aliphatic carbocycles. The van der Waals surface area contributed by atoms with Gasteiger partial charge in [-0.2, -0.15) is 0 Å². The molecule has 41 heavy (non-hydrogen) atoms. The van der Waals surface area contributed by atoms with Crippen molar-refractivity contribution in [3.05, 3.63) is 96.2 Å². The highest BCUT2D eigenvalue weighted by Gasteiger charge is 2.25. The van der Waals surface area contributed by atoms with E-state index in [0.29, 0.717) is 35.8 Å². The predicted molar refractivity (Wildman–Crippen MR) is 160 cm³/mol. The number of fused-ring (bicyclic) bond motifs is 2. The van der Waals surface area contributed by atoms with Gasteiger partial charge in [0, 0.05) is 56.0 Å². The Hall–Kier alpha value is -4.04. The summed E-state index contributed by atoms with van der Waals surface area (Å²) in [6.07, 6.45) is 6.72. The third kappa shape index (κ3) is 7.00. The zero-order valence-corrected chi connectivity index (χ0v) is 23.9. The summed E-state index contributed by atoms with van der Waals surface area (Å²) in [5, 5.41) is 1.08. The Morgan fingerprint density at radius 3 is 2.54 bits per heavy atom. The molecule has 0 unspecified atom stereocenters. The molecule has 2 aromatic carbocycles. The third-order valence-corrected chi connectivity index (χ3v) is 7.57. The lowest BCUT2D eigenvalue weighted by molar-refractivity contribution is -0.132. The molecule has 0 atom stereocenters. The topological polar surface area (TPSA) is 61.7 Å². The molecule has 1 aliphatic heterocycles. The Bertz CT molecular complexity index is 1490. The average molecular weight is 556 g/mol. The van der Waals surface area contributed by atoms with E-state index in [9.17, 15) is 14.0 Å². The molecule has 8 heteroatoms. The lowest BCUT2D eigenvalue weighted by atomic mass is 10.1. The minimum Gasteiger partial charge on any atom is -0.338 e. The third-order valence-electron chi connectivity index (χ3n) is 7.57. The van der Waals surface area contributed by atoms with Crippen LogP contribution >= 0.6 is 0 Å². The van der Waals surface area contributed by atoms with Gasteiger partial charge in [0.15, 0.2) is 0 Å². The molecular weight excluding hydrogens is 517 g/mol. The van der Waals surface area contributed by atoms with Crippen LogP contribution in [0.1, 0.15) is 42.6 Å². The summed E-state index contributed by atoms with van der Waals surface area (Å²) in [6.45, 7) is 8.45. The Kier molecular flexibility index (Phi) is 9.09. The number of pyridine rings is 1. The van der Waals surface area contributed by atoms with Gasteiger partial charge in [0.2, 0.25) is 5.91 Å². The number of hydrogen-bond donors (Lipinski definition) is 0. The highest BCUT2D eigenvalue weighted by molar-refractivity contribution is 6.06. The van der Waals surface area contributed by atoms with Gasteiger partial charge in [0.25, 0.3) is 5.91 Å². The van der Waals surface area contributed by atoms with Crippen molar-refractivity contribution in [1.82, 2.24) is 19.4 Å². The molecule has 0 radical (unpaired) electrons. The molecule has 7 nitrogen and oxygen atoms in total. The second-order valence-electron chi connectivity index (χ2n) is 11.2. The van der Waals surface area contributed by atoms with Crippen molar-refractivity contribution in [2.75, 3.05) is 37.6 Å². The van der Waals surface area contributed by atoms with Crippen LogP contribution in [0.5, 0.6) is 0 Å². The maximum atomic E-state index is 14.7. The SMILES string of the molecule is CC(C)CN1CCCN(C(=O)Cn2ccc3ccccc32)Cc2cc(F)ccc2N(C(=O)c2cccnc2)CCC1. The van der Waals surface area contributed by atoms with Gasteiger partial charge < -0.3 is 19.3 Å². The van der Waals surface area contributed by atoms with Crippen molar-refractivity contribution < 1.29 is 14.0 Å². The lowest BCUT2D eigenvalue weighted by Gasteiger charge is -2.32. The van der Waals surface area contributed by atoms with Crippen molar-refractivity contribution in [2.24, 2.45) is 5.92 Å². The zero-order chi connectivity index (χ0) is 28.8. The molecule has 1 aliphatic rings. The Morgan fingerprint density at radius 1 is 0.951 bits per heavy atom. The summed E-state index contributed by atoms with van der Waals surface area (Å²) in [5.41, 5.74) is 2.72. The number of rotatable bonds is 5. The number of halogens is 1. The van der Waals surface area contributed by atoms with Gasteiger partial charge in [-0.05, 0) is 85.3 Å². The van der Waals surface area contributed by atoms with E-state index in [4.69, 9.17) is 0 Å². The van der Waals surface area contributed by atoms with Gasteiger partial charge in [-0.3, -0.25) is 14.6 Å². The first-order chi connectivity index (χ1) is 19.9. The largest absolute Gasteiger partial charge is 0.338 e. The first-order valence-electron chi connectivity index (χ1n) is 14.4. The summed E-state index contributed by atoms with van der Waals surface area (Å²) in [5.74, 6) is -0.120. The van der Waals surface area contributed by atoms with Crippen LogP contribution in [-0.2, 0) is 17.9 Å². The Labute approximate surface area is 241 Å². The fourth-order valence-corrected chi connectivity index (χ4v) is 5.69. The second-order valence-corrected chi connectivity index (χ2v) is 11.2. The van der Waals surface area contributed by atoms with Crippen LogP contribution in [0.25, 0.3) is 10.9 Å². The fraction of sp³-hybridized carbons (Fsp3) is 0.364. The van der Waals surface area contributed by atoms with Crippen LogP contribution in [0, 0.1) is 11.7 Å². The minimum atomic E-state index is -0.392. The van der Waals surface area contributed by atoms with Crippen molar-refractivity contribution in [1.29, 1.82) is 0 Å². The molecule has 0 saturated heterocycles. The zero-order valence-electron chi connectivity index (χ0n) is 23.9. The first-order valence-corrected chi connectivity index (χ1v) is 14.4. The van der Waals surface area contributed by atoms with E-state index in [2.05, 4.69) is 23.7 Å². The predicted octanol–water partition coefficient (Wildman–Crippen LogP) is 5.60. The van der Waals surface area contributed by atoms with Crippen molar-refractivity contribution in [3.63, 3.8) is 0 Å². The minimum absolute atomic E-state index is 0.0424. The van der Waals surface area contributed by atoms with Gasteiger partial charge in [0.05, 0.1) is 5.56 Å². The summed E-state index contributed by atoms with van der Waals surface area (Å²) in [7, 11) is 0. The van der Waals surface area contributed by atoms with E-state index in [1.165, 1.54) is 12.1 Å². The summed E-state index contributed by atoms with van der Waals surface area (Å²) >= 11 is 0. The van der Waals surface area contributed by atoms with E-state index >= 15 is 0 Å². The van der Waals surface area contributed by atoms with Gasteiger partial charge in [-0.1, -0.05) is 32.0 Å². The van der Waals surface area contributed by atoms with E-state index in [-0.39, 0.29) is 24.9 Å². The molecule has 5 rings (SSSR count). The molecule has 2 amide bonds. The lowest BCUT2D eigenvalue weighted by Crippen LogP contribution is -2.40. The Balaban J connectivity index is 1.49. The summed E-state index contributed by atoms with van der Waals surface area (Å²) in [6, 6.07) is 18.0. The normalized spacial score (nSPS) is 15.4. The molecule has 214 valence electrons. The molecule has 0 saturated carbocycles. The first kappa shape index (κ1) is 28.5. The number of carbonyl (C=O) groups is 2. The van der Waals surface area contributed by atoms with Crippen LogP contribution < -0.4 is 4.90 Å². The highest BCUT2D eigenvalue weighted by Crippen LogP contribution is 2.27. The van der Waals surface area contributed by atoms with E-state index in [1.807, 2.05) is 46.0 Å². The van der Waals surface area contributed by atoms with Crippen molar-refractivity contribution >= 4 is 28.4 Å². The average Bonchev–Trinajstić information content (AvgIpc) is 3.37. The number of carbonyl (C=O) groups excluding carboxylic acids is 2. The van der Waals surface area contributed by atoms with Crippen LogP contribution in [0.3, 0.4) is 0 Å². The smallest absolute Gasteiger partial charge is 0.259 e. The van der Waals surface area contributed by atoms with Crippen LogP contribution in [0.15, 0.2) is 79.3 Å². The molecular formula is C33H38FN5O2. The highest BCUT2D eigenvalue weighted by atomic mass is 19.1. The standard InChI is InChI=1S/C33H38FN5O2/c1-25(2)22-36-15-6-17-38(32(40)24-37-19-13-26-8-3-4-10-30(26)37)23-28-20-29(34)11-12-31(28)39(18-7-16-36)33(41)27-9-5-14-35-21-27/h3-5,8-14,19-21,25H,6-7,15-18,22-24H2,1-2H3. The quantitative estimate of drug-likeness (QED) is 0.322. The van der Waals surface area contributed by atoms with Gasteiger partial charge in [-0.25, -0.2) is 4.39 Å². The number of anilines is 1. The maximum Gasteiger partial charge on any atom is 0.259 e. The number of benzene rings is 2. The molecule has 0 fully saturated rings. The fourth-order valence-electron chi connectivity index (χ4n) is 5.69. The van der Waals surface area contributed by atoms with Gasteiger partial charge in [-0.15, -0.1) is 0 Å². The molecule has 0 N–H and O–H groups in total. The summed E-state index contributed by atoms with van der Waals surface area (Å²) in [4.78, 5) is 37.7. The summed E-state index contributed by atoms with van der Waals surface area (Å²) < 4.78 is 16.6. The van der Waals surface area contributed by atoms with Crippen molar-refractivity contribution in [3.8, 4) is 0 Å². The second kappa shape index (κ2) is 13.1. The maximum absolute atomic E-state index is 14.7. The molecule has 4 aromatic rings. The molecule has 0 spiro atoms. The number of para-hydroxylation sites is 1. The molecule has 2 aromatic heterocycles. The number of amides is 2. The number of aromatic nitrogens is 2. The van der Waals surface area contributed by atoms with Gasteiger partial charge >= 0.3 is 0 Å². The van der Waals surface area contributed by atoms with E-state index in [1.54, 1.807) is 35.5 Å². The van der Waals surface area contributed by atoms with Crippen LogP contribution in [0.4, 0.5) is 10.1 Å². The Morgan fingerprint density at radius 2 is 1.76 bits per heavy atom. The van der Waals surface area contributed by atoms with E-state index in [0.717, 1.165) is 43.4 Å². The van der Waals surface area contributed by atoms with Crippen LogP contribution in [-0.4, -0.2) is 63.9 Å². The molecule has 0 bridgehead atoms. The molecule has 3 heterocycles. The monoisotopic (exact) mass is 555 g/mol. The van der Waals surface area contributed by atoms with Crippen molar-refractivity contribution in [2.45, 2.75) is 39.8 Å². The number of hydrogen-bond acceptors (Lipinski definition) is 4. The van der Waals surface area contributed by atoms with Crippen LogP contribution in [0.2, 0.25) is 0 Å². The van der Waals surface area contributed by atoms with E-state index < -0.39 is 5.82 Å². The van der Waals surface area contributed by atoms with Gasteiger partial charge in [0.1, 0.15) is 12.4 Å².